The molecule has 1 atom stereocenters. The second-order valence-electron chi connectivity index (χ2n) is 4.92. The molecule has 0 heterocycles. The molecule has 0 saturated heterocycles. The summed E-state index contributed by atoms with van der Waals surface area (Å²) in [6.07, 6.45) is 9.88. The molecule has 1 N–H and O–H groups in total. The molecular weight excluding hydrogens is 184 g/mol. The highest BCUT2D eigenvalue weighted by Crippen LogP contribution is 2.36. The zero-order valence-corrected chi connectivity index (χ0v) is 10.6. The first kappa shape index (κ1) is 12.7. The highest BCUT2D eigenvalue weighted by molar-refractivity contribution is 5.02. The van der Waals surface area contributed by atoms with Crippen molar-refractivity contribution in [2.45, 2.75) is 50.1 Å². The lowest BCUT2D eigenvalue weighted by Gasteiger charge is -2.48. The summed E-state index contributed by atoms with van der Waals surface area (Å²) in [6.45, 7) is 3.88. The average Bonchev–Trinajstić information content (AvgIpc) is 2.26. The van der Waals surface area contributed by atoms with Gasteiger partial charge >= 0.3 is 0 Å². The summed E-state index contributed by atoms with van der Waals surface area (Å²) >= 11 is 0. The first-order valence-electron chi connectivity index (χ1n) is 6.13. The van der Waals surface area contributed by atoms with E-state index in [2.05, 4.69) is 37.9 Å². The van der Waals surface area contributed by atoms with Crippen LogP contribution in [0.3, 0.4) is 0 Å². The second-order valence-corrected chi connectivity index (χ2v) is 4.92. The van der Waals surface area contributed by atoms with Gasteiger partial charge in [0.25, 0.3) is 0 Å². The highest BCUT2D eigenvalue weighted by atomic mass is 15.2. The minimum Gasteiger partial charge on any atom is -0.315 e. The molecule has 1 rings (SSSR count). The third-order valence-corrected chi connectivity index (χ3v) is 4.01. The van der Waals surface area contributed by atoms with Gasteiger partial charge in [0, 0.05) is 11.6 Å². The maximum absolute atomic E-state index is 3.88. The smallest absolute Gasteiger partial charge is 0.0359 e. The largest absolute Gasteiger partial charge is 0.315 e. The van der Waals surface area contributed by atoms with Gasteiger partial charge in [-0.2, -0.15) is 0 Å². The average molecular weight is 210 g/mol. The van der Waals surface area contributed by atoms with Crippen molar-refractivity contribution in [3.63, 3.8) is 0 Å². The van der Waals surface area contributed by atoms with E-state index in [1.807, 2.05) is 6.08 Å². The van der Waals surface area contributed by atoms with Crippen LogP contribution < -0.4 is 5.32 Å². The SMILES string of the molecule is C=CCC(NC)C1(N(C)C)CCCCC1. The van der Waals surface area contributed by atoms with Crippen molar-refractivity contribution in [3.8, 4) is 0 Å². The van der Waals surface area contributed by atoms with Crippen molar-refractivity contribution in [2.24, 2.45) is 0 Å². The predicted octanol–water partition coefficient (Wildman–Crippen LogP) is 2.42. The summed E-state index contributed by atoms with van der Waals surface area (Å²) in [7, 11) is 6.52. The van der Waals surface area contributed by atoms with Gasteiger partial charge in [-0.15, -0.1) is 6.58 Å². The first-order valence-corrected chi connectivity index (χ1v) is 6.13. The van der Waals surface area contributed by atoms with Crippen LogP contribution in [0.25, 0.3) is 0 Å². The third-order valence-electron chi connectivity index (χ3n) is 4.01. The molecule has 0 aromatic heterocycles. The van der Waals surface area contributed by atoms with E-state index in [1.54, 1.807) is 0 Å². The van der Waals surface area contributed by atoms with Crippen LogP contribution in [0.5, 0.6) is 0 Å². The topological polar surface area (TPSA) is 15.3 Å². The molecule has 2 nitrogen and oxygen atoms in total. The van der Waals surface area contributed by atoms with Gasteiger partial charge in [-0.25, -0.2) is 0 Å². The fraction of sp³-hybridized carbons (Fsp3) is 0.846. The van der Waals surface area contributed by atoms with Gasteiger partial charge in [-0.3, -0.25) is 0 Å². The number of nitrogens with one attached hydrogen (secondary N) is 1. The van der Waals surface area contributed by atoms with Crippen LogP contribution in [0.4, 0.5) is 0 Å². The molecular formula is C13H26N2. The molecule has 0 aliphatic heterocycles. The third kappa shape index (κ3) is 2.61. The summed E-state index contributed by atoms with van der Waals surface area (Å²) in [5, 5.41) is 3.48. The number of nitrogens with zero attached hydrogens (tertiary/aromatic N) is 1. The van der Waals surface area contributed by atoms with Crippen LogP contribution in [0.2, 0.25) is 0 Å². The molecule has 1 fully saturated rings. The zero-order chi connectivity index (χ0) is 11.3. The molecule has 1 aliphatic rings. The Morgan fingerprint density at radius 2 is 1.93 bits per heavy atom. The van der Waals surface area contributed by atoms with E-state index in [4.69, 9.17) is 0 Å². The summed E-state index contributed by atoms with van der Waals surface area (Å²) in [5.41, 5.74) is 0.348. The van der Waals surface area contributed by atoms with Gasteiger partial charge in [0.05, 0.1) is 0 Å². The van der Waals surface area contributed by atoms with E-state index in [-0.39, 0.29) is 0 Å². The lowest BCUT2D eigenvalue weighted by Crippen LogP contribution is -2.59. The maximum Gasteiger partial charge on any atom is 0.0359 e. The standard InChI is InChI=1S/C13H26N2/c1-5-9-12(14-2)13(15(3)4)10-7-6-8-11-13/h5,12,14H,1,6-11H2,2-4H3. The lowest BCUT2D eigenvalue weighted by atomic mass is 9.74. The van der Waals surface area contributed by atoms with Crippen molar-refractivity contribution in [2.75, 3.05) is 21.1 Å². The molecule has 0 amide bonds. The van der Waals surface area contributed by atoms with Crippen LogP contribution in [0, 0.1) is 0 Å². The van der Waals surface area contributed by atoms with Crippen LogP contribution in [-0.4, -0.2) is 37.6 Å². The van der Waals surface area contributed by atoms with E-state index >= 15 is 0 Å². The van der Waals surface area contributed by atoms with Crippen LogP contribution in [-0.2, 0) is 0 Å². The summed E-state index contributed by atoms with van der Waals surface area (Å²) in [4.78, 5) is 2.43. The lowest BCUT2D eigenvalue weighted by molar-refractivity contribution is 0.0608. The van der Waals surface area contributed by atoms with Gasteiger partial charge < -0.3 is 10.2 Å². The van der Waals surface area contributed by atoms with Crippen LogP contribution in [0.15, 0.2) is 12.7 Å². The van der Waals surface area contributed by atoms with Crippen molar-refractivity contribution in [1.29, 1.82) is 0 Å². The molecule has 1 unspecified atom stereocenters. The van der Waals surface area contributed by atoms with E-state index in [0.29, 0.717) is 11.6 Å². The maximum atomic E-state index is 3.88. The number of likely N-dealkylation sites (N-methyl/N-ethyl adjacent to an activating group) is 2. The minimum absolute atomic E-state index is 0.348. The van der Waals surface area contributed by atoms with Crippen molar-refractivity contribution < 1.29 is 0 Å². The van der Waals surface area contributed by atoms with Gasteiger partial charge in [-0.1, -0.05) is 25.3 Å². The molecule has 1 saturated carbocycles. The van der Waals surface area contributed by atoms with Gasteiger partial charge in [0.15, 0.2) is 0 Å². The molecule has 0 bridgehead atoms. The molecule has 0 aromatic carbocycles. The molecule has 1 aliphatic carbocycles. The van der Waals surface area contributed by atoms with E-state index < -0.39 is 0 Å². The Kier molecular flexibility index (Phi) is 4.81. The molecule has 0 aromatic rings. The Morgan fingerprint density at radius 1 is 1.33 bits per heavy atom. The van der Waals surface area contributed by atoms with Gasteiger partial charge in [0.2, 0.25) is 0 Å². The molecule has 15 heavy (non-hydrogen) atoms. The van der Waals surface area contributed by atoms with E-state index in [9.17, 15) is 0 Å². The Hall–Kier alpha value is -0.340. The van der Waals surface area contributed by atoms with Gasteiger partial charge in [-0.05, 0) is 40.4 Å². The Labute approximate surface area is 94.7 Å². The van der Waals surface area contributed by atoms with E-state index in [1.165, 1.54) is 32.1 Å². The molecule has 88 valence electrons. The summed E-state index contributed by atoms with van der Waals surface area (Å²) < 4.78 is 0. The molecule has 2 heteroatoms. The predicted molar refractivity (Wildman–Crippen MR) is 67.2 cm³/mol. The minimum atomic E-state index is 0.348. The monoisotopic (exact) mass is 210 g/mol. The van der Waals surface area contributed by atoms with Gasteiger partial charge in [0.1, 0.15) is 0 Å². The highest BCUT2D eigenvalue weighted by Gasteiger charge is 2.40. The Morgan fingerprint density at radius 3 is 2.33 bits per heavy atom. The number of hydrogen-bond donors (Lipinski definition) is 1. The first-order chi connectivity index (χ1) is 7.17. The van der Waals surface area contributed by atoms with Crippen molar-refractivity contribution in [3.05, 3.63) is 12.7 Å². The fourth-order valence-electron chi connectivity index (χ4n) is 3.04. The molecule has 0 spiro atoms. The zero-order valence-electron chi connectivity index (χ0n) is 10.6. The van der Waals surface area contributed by atoms with Crippen LogP contribution >= 0.6 is 0 Å². The Bertz CT molecular complexity index is 193. The summed E-state index contributed by atoms with van der Waals surface area (Å²) in [5.74, 6) is 0. The second kappa shape index (κ2) is 5.66. The van der Waals surface area contributed by atoms with E-state index in [0.717, 1.165) is 6.42 Å². The quantitative estimate of drug-likeness (QED) is 0.701. The normalized spacial score (nSPS) is 22.7. The number of hydrogen-bond acceptors (Lipinski definition) is 2. The Balaban J connectivity index is 2.81. The summed E-state index contributed by atoms with van der Waals surface area (Å²) in [6, 6.07) is 0.547. The molecule has 0 radical (unpaired) electrons. The van der Waals surface area contributed by atoms with Crippen molar-refractivity contribution >= 4 is 0 Å². The van der Waals surface area contributed by atoms with Crippen molar-refractivity contribution in [1.82, 2.24) is 10.2 Å². The fourth-order valence-corrected chi connectivity index (χ4v) is 3.04. The number of rotatable bonds is 5. The van der Waals surface area contributed by atoms with Crippen LogP contribution in [0.1, 0.15) is 38.5 Å².